The lowest BCUT2D eigenvalue weighted by atomic mass is 9.88. The number of amides is 1. The number of carbonyl (C=O) groups excluding carboxylic acids is 1. The van der Waals surface area contributed by atoms with Crippen LogP contribution in [-0.2, 0) is 6.42 Å². The predicted octanol–water partition coefficient (Wildman–Crippen LogP) is 4.29. The van der Waals surface area contributed by atoms with Crippen molar-refractivity contribution in [3.05, 3.63) is 65.2 Å². The molecular formula is C20H20N4O2S. The van der Waals surface area contributed by atoms with Gasteiger partial charge in [0.2, 0.25) is 10.3 Å². The van der Waals surface area contributed by atoms with E-state index in [4.69, 9.17) is 4.74 Å². The molecule has 1 unspecified atom stereocenters. The van der Waals surface area contributed by atoms with E-state index in [9.17, 15) is 4.79 Å². The molecule has 3 aromatic rings. The van der Waals surface area contributed by atoms with E-state index >= 15 is 0 Å². The first-order chi connectivity index (χ1) is 13.2. The second-order valence-corrected chi connectivity index (χ2v) is 7.33. The maximum absolute atomic E-state index is 12.5. The van der Waals surface area contributed by atoms with Gasteiger partial charge in [0.1, 0.15) is 5.75 Å². The van der Waals surface area contributed by atoms with Crippen molar-refractivity contribution in [2.45, 2.75) is 25.3 Å². The number of ether oxygens (including phenoxy) is 1. The Bertz CT molecular complexity index is 956. The Hall–Kier alpha value is -2.93. The van der Waals surface area contributed by atoms with Crippen LogP contribution in [-0.4, -0.2) is 23.2 Å². The fourth-order valence-corrected chi connectivity index (χ4v) is 4.07. The summed E-state index contributed by atoms with van der Waals surface area (Å²) in [5, 5.41) is 15.7. The molecule has 1 aliphatic carbocycles. The van der Waals surface area contributed by atoms with Crippen molar-refractivity contribution in [2.24, 2.45) is 0 Å². The Balaban J connectivity index is 1.46. The van der Waals surface area contributed by atoms with Crippen molar-refractivity contribution in [3.8, 4) is 5.75 Å². The summed E-state index contributed by atoms with van der Waals surface area (Å²) < 4.78 is 5.24. The van der Waals surface area contributed by atoms with Crippen LogP contribution >= 0.6 is 11.3 Å². The zero-order valence-electron chi connectivity index (χ0n) is 14.9. The SMILES string of the molecule is COc1ccccc1C(=O)Nc1nnc(NC2CCCc3ccccc32)s1. The molecule has 0 saturated heterocycles. The van der Waals surface area contributed by atoms with Crippen LogP contribution in [0.4, 0.5) is 10.3 Å². The number of anilines is 2. The number of aromatic nitrogens is 2. The van der Waals surface area contributed by atoms with Crippen LogP contribution in [0.15, 0.2) is 48.5 Å². The number of benzene rings is 2. The summed E-state index contributed by atoms with van der Waals surface area (Å²) in [7, 11) is 1.54. The Labute approximate surface area is 161 Å². The molecule has 2 aromatic carbocycles. The summed E-state index contributed by atoms with van der Waals surface area (Å²) >= 11 is 1.33. The maximum Gasteiger partial charge on any atom is 0.261 e. The molecule has 0 bridgehead atoms. The monoisotopic (exact) mass is 380 g/mol. The summed E-state index contributed by atoms with van der Waals surface area (Å²) in [5.74, 6) is 0.259. The predicted molar refractivity (Wildman–Crippen MR) is 107 cm³/mol. The molecule has 1 atom stereocenters. The summed E-state index contributed by atoms with van der Waals surface area (Å²) in [6.45, 7) is 0. The molecule has 6 nitrogen and oxygen atoms in total. The van der Waals surface area contributed by atoms with E-state index in [1.807, 2.05) is 6.07 Å². The quantitative estimate of drug-likeness (QED) is 0.691. The number of fused-ring (bicyclic) bond motifs is 1. The molecule has 1 aromatic heterocycles. The second kappa shape index (κ2) is 7.75. The highest BCUT2D eigenvalue weighted by Crippen LogP contribution is 2.34. The summed E-state index contributed by atoms with van der Waals surface area (Å²) in [5.41, 5.74) is 3.17. The molecule has 1 amide bonds. The standard InChI is InChI=1S/C20H20N4O2S/c1-26-17-12-5-4-10-15(17)18(25)22-20-24-23-19(27-20)21-16-11-6-8-13-7-2-3-9-14(13)16/h2-5,7,9-10,12,16H,6,8,11H2,1H3,(H,21,23)(H,22,24,25). The van der Waals surface area contributed by atoms with Gasteiger partial charge in [0, 0.05) is 0 Å². The molecule has 1 heterocycles. The fraction of sp³-hybridized carbons (Fsp3) is 0.250. The first kappa shape index (κ1) is 17.5. The van der Waals surface area contributed by atoms with Crippen LogP contribution in [0.2, 0.25) is 0 Å². The molecule has 0 fully saturated rings. The number of hydrogen-bond donors (Lipinski definition) is 2. The highest BCUT2D eigenvalue weighted by Gasteiger charge is 2.21. The minimum Gasteiger partial charge on any atom is -0.496 e. The van der Waals surface area contributed by atoms with Crippen LogP contribution in [0, 0.1) is 0 Å². The first-order valence-corrected chi connectivity index (χ1v) is 9.68. The van der Waals surface area contributed by atoms with E-state index in [2.05, 4.69) is 45.1 Å². The maximum atomic E-state index is 12.5. The average Bonchev–Trinajstić information content (AvgIpc) is 3.15. The van der Waals surface area contributed by atoms with Crippen molar-refractivity contribution in [1.29, 1.82) is 0 Å². The van der Waals surface area contributed by atoms with Crippen molar-refractivity contribution < 1.29 is 9.53 Å². The normalized spacial score (nSPS) is 15.7. The van der Waals surface area contributed by atoms with Gasteiger partial charge >= 0.3 is 0 Å². The Morgan fingerprint density at radius 1 is 1.11 bits per heavy atom. The van der Waals surface area contributed by atoms with Crippen molar-refractivity contribution in [1.82, 2.24) is 10.2 Å². The third kappa shape index (κ3) is 3.78. The van der Waals surface area contributed by atoms with E-state index in [0.717, 1.165) is 19.3 Å². The van der Waals surface area contributed by atoms with Gasteiger partial charge in [0.15, 0.2) is 0 Å². The third-order valence-electron chi connectivity index (χ3n) is 4.66. The third-order valence-corrected chi connectivity index (χ3v) is 5.43. The number of nitrogens with one attached hydrogen (secondary N) is 2. The van der Waals surface area contributed by atoms with E-state index in [-0.39, 0.29) is 11.9 Å². The van der Waals surface area contributed by atoms with E-state index in [0.29, 0.717) is 21.6 Å². The Morgan fingerprint density at radius 3 is 2.78 bits per heavy atom. The molecule has 0 spiro atoms. The van der Waals surface area contributed by atoms with Crippen molar-refractivity contribution >= 4 is 27.5 Å². The minimum atomic E-state index is -0.266. The highest BCUT2D eigenvalue weighted by atomic mass is 32.1. The molecule has 138 valence electrons. The zero-order valence-corrected chi connectivity index (χ0v) is 15.8. The van der Waals surface area contributed by atoms with Gasteiger partial charge in [0.05, 0.1) is 18.7 Å². The van der Waals surface area contributed by atoms with Gasteiger partial charge in [-0.1, -0.05) is 47.7 Å². The minimum absolute atomic E-state index is 0.223. The molecule has 0 aliphatic heterocycles. The van der Waals surface area contributed by atoms with Crippen LogP contribution in [0.25, 0.3) is 0 Å². The second-order valence-electron chi connectivity index (χ2n) is 6.35. The van der Waals surface area contributed by atoms with E-state index < -0.39 is 0 Å². The average molecular weight is 380 g/mol. The molecule has 4 rings (SSSR count). The highest BCUT2D eigenvalue weighted by molar-refractivity contribution is 7.19. The number of para-hydroxylation sites is 1. The van der Waals surface area contributed by atoms with Gasteiger partial charge < -0.3 is 10.1 Å². The largest absolute Gasteiger partial charge is 0.496 e. The van der Waals surface area contributed by atoms with E-state index in [1.165, 1.54) is 22.5 Å². The molecule has 1 aliphatic rings. The van der Waals surface area contributed by atoms with Gasteiger partial charge in [0.25, 0.3) is 5.91 Å². The Morgan fingerprint density at radius 2 is 1.89 bits per heavy atom. The number of rotatable bonds is 5. The molecule has 2 N–H and O–H groups in total. The number of nitrogens with zero attached hydrogens (tertiary/aromatic N) is 2. The van der Waals surface area contributed by atoms with Crippen LogP contribution in [0.1, 0.15) is 40.4 Å². The van der Waals surface area contributed by atoms with Crippen LogP contribution < -0.4 is 15.4 Å². The summed E-state index contributed by atoms with van der Waals surface area (Å²) in [6, 6.07) is 15.8. The fourth-order valence-electron chi connectivity index (χ4n) is 3.38. The summed E-state index contributed by atoms with van der Waals surface area (Å²) in [4.78, 5) is 12.5. The van der Waals surface area contributed by atoms with Crippen LogP contribution in [0.3, 0.4) is 0 Å². The van der Waals surface area contributed by atoms with E-state index in [1.54, 1.807) is 25.3 Å². The smallest absolute Gasteiger partial charge is 0.261 e. The molecule has 0 radical (unpaired) electrons. The lowest BCUT2D eigenvalue weighted by Crippen LogP contribution is -2.17. The van der Waals surface area contributed by atoms with Crippen molar-refractivity contribution in [2.75, 3.05) is 17.7 Å². The van der Waals surface area contributed by atoms with Gasteiger partial charge in [-0.15, -0.1) is 10.2 Å². The molecule has 27 heavy (non-hydrogen) atoms. The van der Waals surface area contributed by atoms with Crippen LogP contribution in [0.5, 0.6) is 5.75 Å². The lowest BCUT2D eigenvalue weighted by molar-refractivity contribution is 0.102. The lowest BCUT2D eigenvalue weighted by Gasteiger charge is -2.25. The zero-order chi connectivity index (χ0) is 18.6. The van der Waals surface area contributed by atoms with Crippen molar-refractivity contribution in [3.63, 3.8) is 0 Å². The Kier molecular flexibility index (Phi) is 5.02. The first-order valence-electron chi connectivity index (χ1n) is 8.87. The molecular weight excluding hydrogens is 360 g/mol. The number of hydrogen-bond acceptors (Lipinski definition) is 6. The van der Waals surface area contributed by atoms with Gasteiger partial charge in [-0.2, -0.15) is 0 Å². The topological polar surface area (TPSA) is 76.1 Å². The number of carbonyl (C=O) groups is 1. The number of aryl methyl sites for hydroxylation is 1. The molecule has 0 saturated carbocycles. The van der Waals surface area contributed by atoms with Gasteiger partial charge in [-0.3, -0.25) is 10.1 Å². The molecule has 7 heteroatoms. The van der Waals surface area contributed by atoms with Gasteiger partial charge in [-0.25, -0.2) is 0 Å². The van der Waals surface area contributed by atoms with Gasteiger partial charge in [-0.05, 0) is 42.5 Å². The summed E-state index contributed by atoms with van der Waals surface area (Å²) in [6.07, 6.45) is 3.31. The number of methoxy groups -OCH3 is 1.